The van der Waals surface area contributed by atoms with Crippen molar-refractivity contribution in [3.8, 4) is 5.75 Å². The number of rotatable bonds is 6. The third-order valence-electron chi connectivity index (χ3n) is 2.79. The number of halogens is 1. The van der Waals surface area contributed by atoms with Crippen LogP contribution in [0.5, 0.6) is 5.75 Å². The van der Waals surface area contributed by atoms with Crippen molar-refractivity contribution in [2.45, 2.75) is 25.5 Å². The highest BCUT2D eigenvalue weighted by atomic mass is 35.5. The van der Waals surface area contributed by atoms with Gasteiger partial charge in [-0.15, -0.1) is 0 Å². The minimum atomic E-state index is -0.0869. The smallest absolute Gasteiger partial charge is 0.137 e. The molecule has 0 amide bonds. The second kappa shape index (κ2) is 6.81. The van der Waals surface area contributed by atoms with E-state index in [4.69, 9.17) is 26.9 Å². The average Bonchev–Trinajstić information content (AvgIpc) is 2.36. The van der Waals surface area contributed by atoms with E-state index in [0.717, 1.165) is 12.0 Å². The zero-order valence-electron chi connectivity index (χ0n) is 10.4. The van der Waals surface area contributed by atoms with Gasteiger partial charge in [0.05, 0.1) is 24.3 Å². The number of nitrogens with two attached hydrogens (primary N) is 1. The van der Waals surface area contributed by atoms with Gasteiger partial charge in [-0.1, -0.05) is 24.6 Å². The number of methoxy groups -OCH3 is 2. The first-order valence-corrected chi connectivity index (χ1v) is 5.88. The van der Waals surface area contributed by atoms with Gasteiger partial charge < -0.3 is 9.47 Å². The minimum absolute atomic E-state index is 0.00545. The molecule has 0 spiro atoms. The van der Waals surface area contributed by atoms with Crippen LogP contribution >= 0.6 is 11.6 Å². The van der Waals surface area contributed by atoms with Crippen LogP contribution in [0, 0.1) is 0 Å². The highest BCUT2D eigenvalue weighted by Gasteiger charge is 2.21. The lowest BCUT2D eigenvalue weighted by molar-refractivity contribution is 0.0650. The lowest BCUT2D eigenvalue weighted by atomic mass is 10.00. The Labute approximate surface area is 107 Å². The van der Waals surface area contributed by atoms with Gasteiger partial charge in [0, 0.05) is 7.11 Å². The topological polar surface area (TPSA) is 56.5 Å². The van der Waals surface area contributed by atoms with Gasteiger partial charge in [-0.3, -0.25) is 11.3 Å². The Morgan fingerprint density at radius 2 is 2.12 bits per heavy atom. The van der Waals surface area contributed by atoms with Gasteiger partial charge in [0.2, 0.25) is 0 Å². The molecular formula is C12H19ClN2O2. The van der Waals surface area contributed by atoms with E-state index in [1.165, 1.54) is 0 Å². The fourth-order valence-electron chi connectivity index (χ4n) is 1.83. The summed E-state index contributed by atoms with van der Waals surface area (Å²) in [6.45, 7) is 2.05. The molecule has 17 heavy (non-hydrogen) atoms. The predicted molar refractivity (Wildman–Crippen MR) is 69.2 cm³/mol. The maximum atomic E-state index is 5.98. The number of nitrogens with one attached hydrogen (secondary N) is 1. The number of hydrazine groups is 1. The molecule has 0 saturated carbocycles. The van der Waals surface area contributed by atoms with E-state index in [9.17, 15) is 0 Å². The minimum Gasteiger partial charge on any atom is -0.495 e. The highest BCUT2D eigenvalue weighted by molar-refractivity contribution is 6.32. The monoisotopic (exact) mass is 258 g/mol. The number of ether oxygens (including phenoxy) is 2. The maximum absolute atomic E-state index is 5.98. The van der Waals surface area contributed by atoms with Crippen LogP contribution in [-0.2, 0) is 4.74 Å². The van der Waals surface area contributed by atoms with Crippen LogP contribution in [0.1, 0.15) is 24.9 Å². The lowest BCUT2D eigenvalue weighted by Gasteiger charge is -2.25. The van der Waals surface area contributed by atoms with Crippen molar-refractivity contribution in [3.63, 3.8) is 0 Å². The second-order valence-corrected chi connectivity index (χ2v) is 4.13. The van der Waals surface area contributed by atoms with Crippen molar-refractivity contribution in [2.75, 3.05) is 14.2 Å². The van der Waals surface area contributed by atoms with Crippen molar-refractivity contribution >= 4 is 11.6 Å². The summed E-state index contributed by atoms with van der Waals surface area (Å²) >= 11 is 5.98. The summed E-state index contributed by atoms with van der Waals surface area (Å²) in [6.07, 6.45) is 0.863. The zero-order valence-corrected chi connectivity index (χ0v) is 11.1. The van der Waals surface area contributed by atoms with Crippen LogP contribution in [-0.4, -0.2) is 20.3 Å². The van der Waals surface area contributed by atoms with Crippen molar-refractivity contribution in [2.24, 2.45) is 5.84 Å². The molecule has 0 aliphatic carbocycles. The summed E-state index contributed by atoms with van der Waals surface area (Å²) in [5.74, 6) is 6.22. The molecule has 0 saturated heterocycles. The highest BCUT2D eigenvalue weighted by Crippen LogP contribution is 2.29. The first-order valence-electron chi connectivity index (χ1n) is 5.50. The van der Waals surface area contributed by atoms with Crippen molar-refractivity contribution in [1.29, 1.82) is 0 Å². The third-order valence-corrected chi connectivity index (χ3v) is 3.10. The predicted octanol–water partition coefficient (Wildman–Crippen LogP) is 2.28. The molecule has 0 heterocycles. The van der Waals surface area contributed by atoms with E-state index in [1.54, 1.807) is 20.3 Å². The Morgan fingerprint density at radius 3 is 2.59 bits per heavy atom. The molecule has 0 radical (unpaired) electrons. The Kier molecular flexibility index (Phi) is 5.71. The van der Waals surface area contributed by atoms with E-state index in [-0.39, 0.29) is 12.1 Å². The molecule has 0 fully saturated rings. The van der Waals surface area contributed by atoms with Crippen LogP contribution < -0.4 is 16.0 Å². The Hall–Kier alpha value is -0.810. The second-order valence-electron chi connectivity index (χ2n) is 3.72. The summed E-state index contributed by atoms with van der Waals surface area (Å²) in [5.41, 5.74) is 3.76. The van der Waals surface area contributed by atoms with Crippen molar-refractivity contribution in [3.05, 3.63) is 28.8 Å². The Morgan fingerprint density at radius 1 is 1.41 bits per heavy atom. The van der Waals surface area contributed by atoms with Crippen molar-refractivity contribution < 1.29 is 9.47 Å². The van der Waals surface area contributed by atoms with Crippen LogP contribution in [0.2, 0.25) is 5.02 Å². The first-order chi connectivity index (χ1) is 8.17. The molecule has 0 aromatic heterocycles. The first kappa shape index (κ1) is 14.3. The van der Waals surface area contributed by atoms with Gasteiger partial charge >= 0.3 is 0 Å². The third kappa shape index (κ3) is 3.33. The normalized spacial score (nSPS) is 14.4. The van der Waals surface area contributed by atoms with Gasteiger partial charge in [-0.25, -0.2) is 0 Å². The molecule has 4 nitrogen and oxygen atoms in total. The molecule has 3 N–H and O–H groups in total. The zero-order chi connectivity index (χ0) is 12.8. The number of hydrogen-bond acceptors (Lipinski definition) is 4. The van der Waals surface area contributed by atoms with E-state index < -0.39 is 0 Å². The number of benzene rings is 1. The SMILES string of the molecule is CCC(OC)C(NN)c1ccc(Cl)c(OC)c1. The van der Waals surface area contributed by atoms with E-state index >= 15 is 0 Å². The van der Waals surface area contributed by atoms with Gasteiger partial charge in [-0.2, -0.15) is 0 Å². The standard InChI is InChI=1S/C12H19ClN2O2/c1-4-10(16-2)12(15-14)8-5-6-9(13)11(7-8)17-3/h5-7,10,12,15H,4,14H2,1-3H3. The molecule has 1 rings (SSSR count). The summed E-state index contributed by atoms with van der Waals surface area (Å²) in [4.78, 5) is 0. The Balaban J connectivity index is 3.03. The molecule has 2 atom stereocenters. The molecule has 1 aromatic rings. The molecule has 0 bridgehead atoms. The summed E-state index contributed by atoms with van der Waals surface area (Å²) in [5, 5.41) is 0.581. The van der Waals surface area contributed by atoms with Gasteiger partial charge in [-0.05, 0) is 24.1 Å². The van der Waals surface area contributed by atoms with Crippen LogP contribution in [0.25, 0.3) is 0 Å². The van der Waals surface area contributed by atoms with Crippen molar-refractivity contribution in [1.82, 2.24) is 5.43 Å². The molecular weight excluding hydrogens is 240 g/mol. The van der Waals surface area contributed by atoms with Crippen LogP contribution in [0.3, 0.4) is 0 Å². The molecule has 5 heteroatoms. The average molecular weight is 259 g/mol. The van der Waals surface area contributed by atoms with E-state index in [0.29, 0.717) is 10.8 Å². The maximum Gasteiger partial charge on any atom is 0.137 e. The molecule has 1 aromatic carbocycles. The van der Waals surface area contributed by atoms with E-state index in [2.05, 4.69) is 5.43 Å². The van der Waals surface area contributed by atoms with Gasteiger partial charge in [0.15, 0.2) is 0 Å². The molecule has 96 valence electrons. The summed E-state index contributed by atoms with van der Waals surface area (Å²) in [6, 6.07) is 5.49. The summed E-state index contributed by atoms with van der Waals surface area (Å²) in [7, 11) is 3.26. The fraction of sp³-hybridized carbons (Fsp3) is 0.500. The number of hydrogen-bond donors (Lipinski definition) is 2. The van der Waals surface area contributed by atoms with E-state index in [1.807, 2.05) is 19.1 Å². The van der Waals surface area contributed by atoms with Crippen LogP contribution in [0.15, 0.2) is 18.2 Å². The Bertz CT molecular complexity index is 356. The van der Waals surface area contributed by atoms with Gasteiger partial charge in [0.1, 0.15) is 5.75 Å². The summed E-state index contributed by atoms with van der Waals surface area (Å²) < 4.78 is 10.6. The lowest BCUT2D eigenvalue weighted by Crippen LogP contribution is -2.37. The van der Waals surface area contributed by atoms with Gasteiger partial charge in [0.25, 0.3) is 0 Å². The fourth-order valence-corrected chi connectivity index (χ4v) is 2.02. The quantitative estimate of drug-likeness (QED) is 0.607. The molecule has 2 unspecified atom stereocenters. The van der Waals surface area contributed by atoms with Crippen LogP contribution in [0.4, 0.5) is 0 Å². The largest absolute Gasteiger partial charge is 0.495 e. The molecule has 0 aliphatic heterocycles. The molecule has 0 aliphatic rings.